The molecule has 0 aliphatic heterocycles. The first-order chi connectivity index (χ1) is 5.77. The van der Waals surface area contributed by atoms with Crippen LogP contribution in [-0.2, 0) is 0 Å². The van der Waals surface area contributed by atoms with Gasteiger partial charge in [0.1, 0.15) is 0 Å². The van der Waals surface area contributed by atoms with Crippen LogP contribution in [0.15, 0.2) is 12.7 Å². The maximum Gasteiger partial charge on any atom is 0.0966 e. The molecule has 78 valence electrons. The maximum absolute atomic E-state index is 3.79. The summed E-state index contributed by atoms with van der Waals surface area (Å²) in [6.45, 7) is 13.0. The van der Waals surface area contributed by atoms with E-state index in [9.17, 15) is 0 Å². The van der Waals surface area contributed by atoms with E-state index in [1.165, 1.54) is 19.4 Å². The quantitative estimate of drug-likeness (QED) is 0.455. The zero-order valence-corrected chi connectivity index (χ0v) is 10.1. The van der Waals surface area contributed by atoms with Crippen LogP contribution in [0.25, 0.3) is 0 Å². The highest BCUT2D eigenvalue weighted by molar-refractivity contribution is 4.65. The minimum Gasteiger partial charge on any atom is -0.325 e. The van der Waals surface area contributed by atoms with Crippen molar-refractivity contribution in [3.8, 4) is 0 Å². The van der Waals surface area contributed by atoms with Crippen molar-refractivity contribution in [2.75, 3.05) is 27.2 Å². The van der Waals surface area contributed by atoms with Crippen molar-refractivity contribution in [3.63, 3.8) is 0 Å². The van der Waals surface area contributed by atoms with E-state index in [4.69, 9.17) is 0 Å². The molecule has 0 aliphatic rings. The average Bonchev–Trinajstić information content (AvgIpc) is 1.82. The summed E-state index contributed by atoms with van der Waals surface area (Å²) in [7, 11) is 4.54. The van der Waals surface area contributed by atoms with Gasteiger partial charge < -0.3 is 4.48 Å². The minimum absolute atomic E-state index is 0.480. The Kier molecular flexibility index (Phi) is 4.69. The molecule has 0 aromatic heterocycles. The van der Waals surface area contributed by atoms with Gasteiger partial charge in [0.15, 0.2) is 0 Å². The second-order valence-corrected chi connectivity index (χ2v) is 5.79. The Morgan fingerprint density at radius 1 is 1.23 bits per heavy atom. The van der Waals surface area contributed by atoms with Crippen molar-refractivity contribution < 1.29 is 4.48 Å². The van der Waals surface area contributed by atoms with Crippen LogP contribution in [0.5, 0.6) is 0 Å². The number of hydrogen-bond donors (Lipinski definition) is 0. The van der Waals surface area contributed by atoms with E-state index in [-0.39, 0.29) is 0 Å². The third-order valence-electron chi connectivity index (χ3n) is 2.31. The zero-order valence-electron chi connectivity index (χ0n) is 10.1. The van der Waals surface area contributed by atoms with E-state index in [1.807, 2.05) is 6.08 Å². The largest absolute Gasteiger partial charge is 0.325 e. The molecule has 0 amide bonds. The summed E-state index contributed by atoms with van der Waals surface area (Å²) in [4.78, 5) is 0. The normalized spacial score (nSPS) is 13.0. The fraction of sp³-hybridized carbons (Fsp3) is 0.833. The molecule has 0 aromatic carbocycles. The Morgan fingerprint density at radius 3 is 2.15 bits per heavy atom. The lowest BCUT2D eigenvalue weighted by atomic mass is 9.90. The fourth-order valence-corrected chi connectivity index (χ4v) is 1.48. The predicted molar refractivity (Wildman–Crippen MR) is 60.7 cm³/mol. The van der Waals surface area contributed by atoms with Crippen molar-refractivity contribution >= 4 is 0 Å². The SMILES string of the molecule is C=CC[N+](C)(C)CCCC(C)(C)C. The fourth-order valence-electron chi connectivity index (χ4n) is 1.48. The van der Waals surface area contributed by atoms with E-state index in [0.29, 0.717) is 5.41 Å². The van der Waals surface area contributed by atoms with E-state index >= 15 is 0 Å². The summed E-state index contributed by atoms with van der Waals surface area (Å²) in [6, 6.07) is 0. The van der Waals surface area contributed by atoms with Crippen molar-refractivity contribution in [2.24, 2.45) is 5.41 Å². The third-order valence-corrected chi connectivity index (χ3v) is 2.31. The van der Waals surface area contributed by atoms with E-state index in [1.54, 1.807) is 0 Å². The van der Waals surface area contributed by atoms with Gasteiger partial charge in [-0.05, 0) is 24.3 Å². The average molecular weight is 184 g/mol. The lowest BCUT2D eigenvalue weighted by Crippen LogP contribution is -2.40. The first-order valence-corrected chi connectivity index (χ1v) is 5.20. The monoisotopic (exact) mass is 184 g/mol. The van der Waals surface area contributed by atoms with Gasteiger partial charge in [0.2, 0.25) is 0 Å². The smallest absolute Gasteiger partial charge is 0.0966 e. The summed E-state index contributed by atoms with van der Waals surface area (Å²) in [5.74, 6) is 0. The number of rotatable bonds is 5. The Morgan fingerprint density at radius 2 is 1.77 bits per heavy atom. The molecule has 0 spiro atoms. The molecule has 0 radical (unpaired) electrons. The van der Waals surface area contributed by atoms with E-state index in [2.05, 4.69) is 41.4 Å². The summed E-state index contributed by atoms with van der Waals surface area (Å²) < 4.78 is 1.07. The molecule has 0 rings (SSSR count). The Hall–Kier alpha value is -0.300. The van der Waals surface area contributed by atoms with Gasteiger partial charge in [-0.3, -0.25) is 0 Å². The molecule has 0 aliphatic carbocycles. The summed E-state index contributed by atoms with van der Waals surface area (Å²) in [6.07, 6.45) is 4.63. The van der Waals surface area contributed by atoms with Crippen molar-refractivity contribution in [2.45, 2.75) is 33.6 Å². The van der Waals surface area contributed by atoms with Crippen LogP contribution in [0.1, 0.15) is 33.6 Å². The molecule has 0 unspecified atom stereocenters. The Labute approximate surface area is 84.0 Å². The predicted octanol–water partition coefficient (Wildman–Crippen LogP) is 3.08. The molecule has 0 aromatic rings. The molecule has 0 saturated carbocycles. The van der Waals surface area contributed by atoms with Gasteiger partial charge in [-0.1, -0.05) is 27.4 Å². The maximum atomic E-state index is 3.79. The molecule has 0 atom stereocenters. The highest BCUT2D eigenvalue weighted by atomic mass is 15.3. The lowest BCUT2D eigenvalue weighted by molar-refractivity contribution is -0.884. The lowest BCUT2D eigenvalue weighted by Gasteiger charge is -2.29. The standard InChI is InChI=1S/C12H26N/c1-7-10-13(5,6)11-8-9-12(2,3)4/h7H,1,8-11H2,2-6H3/q+1. The topological polar surface area (TPSA) is 0 Å². The molecule has 0 heterocycles. The highest BCUT2D eigenvalue weighted by Crippen LogP contribution is 2.21. The van der Waals surface area contributed by atoms with Gasteiger partial charge in [0, 0.05) is 0 Å². The van der Waals surface area contributed by atoms with Crippen LogP contribution in [0.4, 0.5) is 0 Å². The van der Waals surface area contributed by atoms with Crippen molar-refractivity contribution in [3.05, 3.63) is 12.7 Å². The summed E-state index contributed by atoms with van der Waals surface area (Å²) >= 11 is 0. The second kappa shape index (κ2) is 4.80. The van der Waals surface area contributed by atoms with Crippen LogP contribution in [0, 0.1) is 5.41 Å². The molecule has 0 fully saturated rings. The van der Waals surface area contributed by atoms with Crippen LogP contribution in [-0.4, -0.2) is 31.7 Å². The van der Waals surface area contributed by atoms with Gasteiger partial charge >= 0.3 is 0 Å². The molecular formula is C12H26N+. The second-order valence-electron chi connectivity index (χ2n) is 5.79. The van der Waals surface area contributed by atoms with E-state index < -0.39 is 0 Å². The molecule has 1 heteroatoms. The van der Waals surface area contributed by atoms with Crippen LogP contribution >= 0.6 is 0 Å². The molecule has 0 saturated heterocycles. The number of quaternary nitrogens is 1. The zero-order chi connectivity index (χ0) is 10.5. The molecular weight excluding hydrogens is 158 g/mol. The third kappa shape index (κ3) is 8.04. The number of hydrogen-bond acceptors (Lipinski definition) is 0. The Balaban J connectivity index is 3.69. The van der Waals surface area contributed by atoms with Gasteiger partial charge in [-0.15, -0.1) is 0 Å². The van der Waals surface area contributed by atoms with E-state index in [0.717, 1.165) is 11.0 Å². The molecule has 0 N–H and O–H groups in total. The van der Waals surface area contributed by atoms with Crippen LogP contribution < -0.4 is 0 Å². The highest BCUT2D eigenvalue weighted by Gasteiger charge is 2.15. The Bertz CT molecular complexity index is 151. The first kappa shape index (κ1) is 12.7. The number of likely N-dealkylation sites (N-methyl/N-ethyl adjacent to an activating group) is 1. The van der Waals surface area contributed by atoms with Crippen molar-refractivity contribution in [1.82, 2.24) is 0 Å². The molecule has 1 nitrogen and oxygen atoms in total. The number of nitrogens with zero attached hydrogens (tertiary/aromatic N) is 1. The molecule has 0 bridgehead atoms. The van der Waals surface area contributed by atoms with Crippen molar-refractivity contribution in [1.29, 1.82) is 0 Å². The van der Waals surface area contributed by atoms with Gasteiger partial charge in [0.05, 0.1) is 27.2 Å². The first-order valence-electron chi connectivity index (χ1n) is 5.20. The van der Waals surface area contributed by atoms with Gasteiger partial charge in [0.25, 0.3) is 0 Å². The van der Waals surface area contributed by atoms with Crippen LogP contribution in [0.3, 0.4) is 0 Å². The van der Waals surface area contributed by atoms with Gasteiger partial charge in [-0.2, -0.15) is 0 Å². The van der Waals surface area contributed by atoms with Gasteiger partial charge in [-0.25, -0.2) is 0 Å². The van der Waals surface area contributed by atoms with Crippen LogP contribution in [0.2, 0.25) is 0 Å². The summed E-state index contributed by atoms with van der Waals surface area (Å²) in [5, 5.41) is 0. The minimum atomic E-state index is 0.480. The molecule has 13 heavy (non-hydrogen) atoms. The summed E-state index contributed by atoms with van der Waals surface area (Å²) in [5.41, 5.74) is 0.480.